The van der Waals surface area contributed by atoms with Crippen molar-refractivity contribution >= 4 is 17.8 Å². The number of nitrogens with one attached hydrogen (secondary N) is 2. The van der Waals surface area contributed by atoms with Gasteiger partial charge in [-0.25, -0.2) is 0 Å². The SMILES string of the molecule is Nc1nc(NCCCCCCO)nc(NCCCCCCO)n1. The Kier molecular flexibility index (Phi) is 10.8. The minimum Gasteiger partial charge on any atom is -0.396 e. The molecule has 0 aliphatic rings. The zero-order valence-corrected chi connectivity index (χ0v) is 13.8. The number of hydrogen-bond acceptors (Lipinski definition) is 8. The Balaban J connectivity index is 2.25. The fraction of sp³-hybridized carbons (Fsp3) is 0.800. The standard InChI is InChI=1S/C15H30N6O2/c16-13-19-14(17-9-5-1-3-7-11-22)21-15(20-13)18-10-6-2-4-8-12-23/h22-23H,1-12H2,(H4,16,17,18,19,20,21). The normalized spacial score (nSPS) is 10.7. The summed E-state index contributed by atoms with van der Waals surface area (Å²) in [5.74, 6) is 1.18. The Bertz CT molecular complexity index is 385. The van der Waals surface area contributed by atoms with Crippen LogP contribution in [-0.2, 0) is 0 Å². The minimum atomic E-state index is 0.200. The summed E-state index contributed by atoms with van der Waals surface area (Å²) in [6.07, 6.45) is 7.88. The van der Waals surface area contributed by atoms with Crippen LogP contribution in [0.25, 0.3) is 0 Å². The maximum absolute atomic E-state index is 8.72. The van der Waals surface area contributed by atoms with E-state index in [1.54, 1.807) is 0 Å². The molecule has 0 radical (unpaired) electrons. The van der Waals surface area contributed by atoms with Crippen molar-refractivity contribution in [2.75, 3.05) is 42.7 Å². The molecule has 0 saturated carbocycles. The number of rotatable bonds is 14. The molecule has 0 aliphatic carbocycles. The summed E-state index contributed by atoms with van der Waals surface area (Å²) in [6, 6.07) is 0. The highest BCUT2D eigenvalue weighted by Gasteiger charge is 2.03. The molecule has 8 nitrogen and oxygen atoms in total. The van der Waals surface area contributed by atoms with Gasteiger partial charge in [-0.2, -0.15) is 15.0 Å². The molecule has 0 spiro atoms. The number of aliphatic hydroxyl groups is 2. The maximum Gasteiger partial charge on any atom is 0.229 e. The van der Waals surface area contributed by atoms with Crippen LogP contribution < -0.4 is 16.4 Å². The Morgan fingerprint density at radius 1 is 0.652 bits per heavy atom. The van der Waals surface area contributed by atoms with Gasteiger partial charge in [-0.05, 0) is 25.7 Å². The van der Waals surface area contributed by atoms with Gasteiger partial charge in [-0.1, -0.05) is 25.7 Å². The molecule has 0 aromatic carbocycles. The minimum absolute atomic E-state index is 0.200. The molecule has 6 N–H and O–H groups in total. The smallest absolute Gasteiger partial charge is 0.229 e. The summed E-state index contributed by atoms with van der Waals surface area (Å²) in [7, 11) is 0. The van der Waals surface area contributed by atoms with Crippen molar-refractivity contribution in [3.05, 3.63) is 0 Å². The lowest BCUT2D eigenvalue weighted by atomic mass is 10.2. The summed E-state index contributed by atoms with van der Waals surface area (Å²) in [5.41, 5.74) is 5.70. The second kappa shape index (κ2) is 12.8. The van der Waals surface area contributed by atoms with Crippen LogP contribution in [0.4, 0.5) is 17.8 Å². The number of nitrogens with two attached hydrogens (primary N) is 1. The van der Waals surface area contributed by atoms with Gasteiger partial charge in [0.2, 0.25) is 17.8 Å². The fourth-order valence-electron chi connectivity index (χ4n) is 2.13. The molecule has 23 heavy (non-hydrogen) atoms. The summed E-state index contributed by atoms with van der Waals surface area (Å²) < 4.78 is 0. The molecule has 8 heteroatoms. The first kappa shape index (κ1) is 19.4. The topological polar surface area (TPSA) is 129 Å². The van der Waals surface area contributed by atoms with Gasteiger partial charge in [0.05, 0.1) is 0 Å². The molecule has 0 fully saturated rings. The molecule has 1 aromatic heterocycles. The summed E-state index contributed by atoms with van der Waals surface area (Å²) >= 11 is 0. The molecule has 1 rings (SSSR count). The van der Waals surface area contributed by atoms with Crippen molar-refractivity contribution in [2.24, 2.45) is 0 Å². The third-order valence-corrected chi connectivity index (χ3v) is 3.39. The average molecular weight is 326 g/mol. The van der Waals surface area contributed by atoms with Crippen molar-refractivity contribution < 1.29 is 10.2 Å². The highest BCUT2D eigenvalue weighted by atomic mass is 16.3. The Labute approximate surface area is 137 Å². The molecule has 0 bridgehead atoms. The number of nitrogens with zero attached hydrogens (tertiary/aromatic N) is 3. The van der Waals surface area contributed by atoms with Gasteiger partial charge in [0.1, 0.15) is 0 Å². The zero-order valence-electron chi connectivity index (χ0n) is 13.8. The van der Waals surface area contributed by atoms with Gasteiger partial charge in [-0.3, -0.25) is 0 Å². The van der Waals surface area contributed by atoms with Gasteiger partial charge in [0.15, 0.2) is 0 Å². The highest BCUT2D eigenvalue weighted by molar-refractivity contribution is 5.39. The van der Waals surface area contributed by atoms with Gasteiger partial charge in [-0.15, -0.1) is 0 Å². The summed E-state index contributed by atoms with van der Waals surface area (Å²) in [6.45, 7) is 2.06. The van der Waals surface area contributed by atoms with Gasteiger partial charge in [0.25, 0.3) is 0 Å². The Morgan fingerprint density at radius 2 is 1.09 bits per heavy atom. The fourth-order valence-corrected chi connectivity index (χ4v) is 2.13. The molecule has 0 atom stereocenters. The van der Waals surface area contributed by atoms with E-state index in [-0.39, 0.29) is 19.2 Å². The van der Waals surface area contributed by atoms with Crippen molar-refractivity contribution in [1.82, 2.24) is 15.0 Å². The predicted molar refractivity (Wildman–Crippen MR) is 92.3 cm³/mol. The number of unbranched alkanes of at least 4 members (excludes halogenated alkanes) is 6. The molecular weight excluding hydrogens is 296 g/mol. The third kappa shape index (κ3) is 9.85. The molecule has 0 unspecified atom stereocenters. The first-order valence-corrected chi connectivity index (χ1v) is 8.47. The van der Waals surface area contributed by atoms with Crippen molar-refractivity contribution in [3.63, 3.8) is 0 Å². The number of aromatic nitrogens is 3. The monoisotopic (exact) mass is 326 g/mol. The van der Waals surface area contributed by atoms with E-state index in [9.17, 15) is 0 Å². The van der Waals surface area contributed by atoms with E-state index in [2.05, 4.69) is 25.6 Å². The molecule has 132 valence electrons. The van der Waals surface area contributed by atoms with Crippen LogP contribution in [0, 0.1) is 0 Å². The van der Waals surface area contributed by atoms with E-state index >= 15 is 0 Å². The molecule has 0 saturated heterocycles. The molecular formula is C15H30N6O2. The van der Waals surface area contributed by atoms with E-state index in [1.807, 2.05) is 0 Å². The largest absolute Gasteiger partial charge is 0.396 e. The van der Waals surface area contributed by atoms with Crippen LogP contribution in [-0.4, -0.2) is 51.5 Å². The lowest BCUT2D eigenvalue weighted by Crippen LogP contribution is -2.12. The second-order valence-electron chi connectivity index (χ2n) is 5.47. The van der Waals surface area contributed by atoms with Crippen LogP contribution >= 0.6 is 0 Å². The number of anilines is 3. The van der Waals surface area contributed by atoms with Crippen LogP contribution in [0.2, 0.25) is 0 Å². The second-order valence-corrected chi connectivity index (χ2v) is 5.47. The number of hydrogen-bond donors (Lipinski definition) is 5. The van der Waals surface area contributed by atoms with E-state index in [0.29, 0.717) is 11.9 Å². The van der Waals surface area contributed by atoms with Crippen LogP contribution in [0.3, 0.4) is 0 Å². The van der Waals surface area contributed by atoms with Crippen molar-refractivity contribution in [2.45, 2.75) is 51.4 Å². The number of nitrogen functional groups attached to an aromatic ring is 1. The molecule has 0 aliphatic heterocycles. The summed E-state index contributed by atoms with van der Waals surface area (Å²) in [4.78, 5) is 12.4. The summed E-state index contributed by atoms with van der Waals surface area (Å²) in [5, 5.41) is 23.7. The van der Waals surface area contributed by atoms with Gasteiger partial charge < -0.3 is 26.6 Å². The lowest BCUT2D eigenvalue weighted by molar-refractivity contribution is 0.282. The third-order valence-electron chi connectivity index (χ3n) is 3.39. The first-order valence-electron chi connectivity index (χ1n) is 8.47. The van der Waals surface area contributed by atoms with Gasteiger partial charge >= 0.3 is 0 Å². The Hall–Kier alpha value is -1.67. The maximum atomic E-state index is 8.72. The molecule has 0 amide bonds. The van der Waals surface area contributed by atoms with E-state index in [4.69, 9.17) is 15.9 Å². The van der Waals surface area contributed by atoms with Crippen LogP contribution in [0.15, 0.2) is 0 Å². The van der Waals surface area contributed by atoms with Crippen LogP contribution in [0.5, 0.6) is 0 Å². The van der Waals surface area contributed by atoms with Crippen molar-refractivity contribution in [1.29, 1.82) is 0 Å². The average Bonchev–Trinajstić information content (AvgIpc) is 2.53. The predicted octanol–water partition coefficient (Wildman–Crippen LogP) is 1.38. The Morgan fingerprint density at radius 3 is 1.52 bits per heavy atom. The van der Waals surface area contributed by atoms with E-state index in [1.165, 1.54) is 0 Å². The lowest BCUT2D eigenvalue weighted by Gasteiger charge is -2.08. The molecule has 1 aromatic rings. The zero-order chi connectivity index (χ0) is 16.8. The van der Waals surface area contributed by atoms with E-state index in [0.717, 1.165) is 64.5 Å². The molecule has 1 heterocycles. The quantitative estimate of drug-likeness (QED) is 0.324. The van der Waals surface area contributed by atoms with Crippen molar-refractivity contribution in [3.8, 4) is 0 Å². The highest BCUT2D eigenvalue weighted by Crippen LogP contribution is 2.08. The van der Waals surface area contributed by atoms with Crippen LogP contribution in [0.1, 0.15) is 51.4 Å². The van der Waals surface area contributed by atoms with E-state index < -0.39 is 0 Å². The number of aliphatic hydroxyl groups excluding tert-OH is 2. The van der Waals surface area contributed by atoms with Gasteiger partial charge in [0, 0.05) is 26.3 Å². The first-order chi connectivity index (χ1) is 11.3.